The summed E-state index contributed by atoms with van der Waals surface area (Å²) in [6.45, 7) is 3.58. The van der Waals surface area contributed by atoms with Crippen molar-refractivity contribution in [3.63, 3.8) is 0 Å². The van der Waals surface area contributed by atoms with Crippen LogP contribution in [0.4, 0.5) is 0 Å². The number of unbranched alkanes of at least 4 members (excludes halogenated alkanes) is 25. The Morgan fingerprint density at radius 1 is 0.565 bits per heavy atom. The zero-order valence-electron chi connectivity index (χ0n) is 39.5. The highest BCUT2D eigenvalue weighted by Crippen LogP contribution is 2.23. The first-order chi connectivity index (χ1) is 30.3. The lowest BCUT2D eigenvalue weighted by atomic mass is 9.99. The third-order valence-electron chi connectivity index (χ3n) is 12.0. The molecule has 8 unspecified atom stereocenters. The summed E-state index contributed by atoms with van der Waals surface area (Å²) in [7, 11) is 0. The predicted octanol–water partition coefficient (Wildman–Crippen LogP) is 10.4. The predicted molar refractivity (Wildman–Crippen MR) is 255 cm³/mol. The lowest BCUT2D eigenvalue weighted by molar-refractivity contribution is -0.302. The molecule has 0 spiro atoms. The van der Waals surface area contributed by atoms with E-state index in [1.165, 1.54) is 135 Å². The Morgan fingerprint density at radius 2 is 1.00 bits per heavy atom. The van der Waals surface area contributed by atoms with Crippen molar-refractivity contribution in [2.24, 2.45) is 0 Å². The van der Waals surface area contributed by atoms with Crippen molar-refractivity contribution in [3.8, 4) is 0 Å². The minimum Gasteiger partial charge on any atom is -0.394 e. The van der Waals surface area contributed by atoms with Crippen LogP contribution in [-0.4, -0.2) is 98.7 Å². The molecule has 362 valence electrons. The number of amides is 1. The van der Waals surface area contributed by atoms with Crippen molar-refractivity contribution >= 4 is 5.91 Å². The maximum atomic E-state index is 13.1. The monoisotopic (exact) mass is 878 g/mol. The molecule has 1 amide bonds. The Morgan fingerprint density at radius 3 is 1.50 bits per heavy atom. The first-order valence-corrected chi connectivity index (χ1v) is 25.5. The van der Waals surface area contributed by atoms with Gasteiger partial charge in [0.1, 0.15) is 30.5 Å². The molecule has 0 bridgehead atoms. The molecule has 0 aliphatic carbocycles. The third kappa shape index (κ3) is 31.1. The number of hydrogen-bond acceptors (Lipinski definition) is 9. The molecule has 0 saturated carbocycles. The van der Waals surface area contributed by atoms with Gasteiger partial charge in [0.15, 0.2) is 6.29 Å². The summed E-state index contributed by atoms with van der Waals surface area (Å²) in [6, 6.07) is -1.000. The Balaban J connectivity index is 2.33. The maximum absolute atomic E-state index is 13.1. The van der Waals surface area contributed by atoms with Crippen molar-refractivity contribution in [1.82, 2.24) is 5.32 Å². The fourth-order valence-electron chi connectivity index (χ4n) is 7.80. The number of carbonyl (C=O) groups is 1. The molecule has 10 nitrogen and oxygen atoms in total. The van der Waals surface area contributed by atoms with Gasteiger partial charge in [-0.05, 0) is 64.2 Å². The lowest BCUT2D eigenvalue weighted by Gasteiger charge is -2.40. The average molecular weight is 878 g/mol. The summed E-state index contributed by atoms with van der Waals surface area (Å²) in [5.74, 6) is -0.632. The number of nitrogens with one attached hydrogen (secondary N) is 1. The van der Waals surface area contributed by atoms with Crippen LogP contribution in [0.15, 0.2) is 48.6 Å². The number of aliphatic hydroxyl groups is 6. The van der Waals surface area contributed by atoms with E-state index in [-0.39, 0.29) is 6.61 Å². The zero-order chi connectivity index (χ0) is 45.3. The Bertz CT molecular complexity index is 1130. The second kappa shape index (κ2) is 41.8. The molecule has 7 N–H and O–H groups in total. The van der Waals surface area contributed by atoms with E-state index in [0.717, 1.165) is 44.9 Å². The lowest BCUT2D eigenvalue weighted by Crippen LogP contribution is -2.60. The van der Waals surface area contributed by atoms with Gasteiger partial charge in [-0.3, -0.25) is 4.79 Å². The van der Waals surface area contributed by atoms with Crippen LogP contribution in [0.5, 0.6) is 0 Å². The summed E-state index contributed by atoms with van der Waals surface area (Å²) in [5, 5.41) is 64.7. The van der Waals surface area contributed by atoms with Crippen LogP contribution in [0.3, 0.4) is 0 Å². The van der Waals surface area contributed by atoms with E-state index in [1.54, 1.807) is 6.08 Å². The molecule has 0 radical (unpaired) electrons. The Kier molecular flexibility index (Phi) is 39.2. The van der Waals surface area contributed by atoms with Gasteiger partial charge in [0, 0.05) is 0 Å². The van der Waals surface area contributed by atoms with E-state index in [0.29, 0.717) is 19.3 Å². The van der Waals surface area contributed by atoms with Gasteiger partial charge in [-0.25, -0.2) is 0 Å². The SMILES string of the molecule is CCCCCCCCC/C=C/CC/C=C/C(O)C(COC1OC(CO)C(O)C(O)C1O)NC(=O)C(O)CCCCCCCCCC/C=C\C/C=C\CCCCCCCCCCC. The summed E-state index contributed by atoms with van der Waals surface area (Å²) in [6.07, 6.45) is 43.5. The van der Waals surface area contributed by atoms with Gasteiger partial charge in [0.2, 0.25) is 5.91 Å². The number of hydrogen-bond donors (Lipinski definition) is 7. The van der Waals surface area contributed by atoms with Crippen LogP contribution in [0, 0.1) is 0 Å². The van der Waals surface area contributed by atoms with Gasteiger partial charge in [-0.15, -0.1) is 0 Å². The molecule has 1 saturated heterocycles. The van der Waals surface area contributed by atoms with Crippen LogP contribution in [0.25, 0.3) is 0 Å². The molecule has 1 heterocycles. The van der Waals surface area contributed by atoms with E-state index in [2.05, 4.69) is 55.6 Å². The van der Waals surface area contributed by atoms with Crippen molar-refractivity contribution < 1.29 is 44.9 Å². The summed E-state index contributed by atoms with van der Waals surface area (Å²) >= 11 is 0. The van der Waals surface area contributed by atoms with Gasteiger partial charge >= 0.3 is 0 Å². The van der Waals surface area contributed by atoms with E-state index < -0.39 is 61.5 Å². The third-order valence-corrected chi connectivity index (χ3v) is 12.0. The number of ether oxygens (including phenoxy) is 2. The number of aliphatic hydroxyl groups excluding tert-OH is 6. The van der Waals surface area contributed by atoms with Gasteiger partial charge in [-0.1, -0.05) is 197 Å². The molecule has 0 aromatic rings. The second-order valence-corrected chi connectivity index (χ2v) is 17.7. The van der Waals surface area contributed by atoms with Gasteiger partial charge < -0.3 is 45.4 Å². The largest absolute Gasteiger partial charge is 0.394 e. The maximum Gasteiger partial charge on any atom is 0.249 e. The number of carbonyl (C=O) groups excluding carboxylic acids is 1. The van der Waals surface area contributed by atoms with Crippen molar-refractivity contribution in [3.05, 3.63) is 48.6 Å². The molecule has 1 fully saturated rings. The van der Waals surface area contributed by atoms with Crippen LogP contribution < -0.4 is 5.32 Å². The quantitative estimate of drug-likeness (QED) is 0.0233. The molecule has 0 aromatic heterocycles. The Hall–Kier alpha value is -1.89. The number of allylic oxidation sites excluding steroid dienone is 7. The molecule has 10 heteroatoms. The molecule has 1 aliphatic rings. The molecule has 62 heavy (non-hydrogen) atoms. The fraction of sp³-hybridized carbons (Fsp3) is 0.827. The number of rotatable bonds is 42. The molecule has 0 aromatic carbocycles. The van der Waals surface area contributed by atoms with Crippen LogP contribution in [0.1, 0.15) is 213 Å². The molecule has 8 atom stereocenters. The van der Waals surface area contributed by atoms with E-state index >= 15 is 0 Å². The summed E-state index contributed by atoms with van der Waals surface area (Å²) in [4.78, 5) is 13.1. The topological polar surface area (TPSA) is 169 Å². The van der Waals surface area contributed by atoms with Gasteiger partial charge in [0.25, 0.3) is 0 Å². The Labute approximate surface area is 378 Å². The molecule has 1 rings (SSSR count). The van der Waals surface area contributed by atoms with Gasteiger partial charge in [0.05, 0.1) is 25.4 Å². The molecular weight excluding hydrogens is 783 g/mol. The van der Waals surface area contributed by atoms with Crippen molar-refractivity contribution in [2.75, 3.05) is 13.2 Å². The standard InChI is InChI=1S/C52H95NO9/c1-3-5-7-9-11-13-15-17-18-19-20-21-22-23-24-25-26-27-29-31-33-35-37-39-41-46(56)51(60)53-44(43-61-52-50(59)49(58)48(57)47(42-54)62-52)45(55)40-38-36-34-32-30-28-16-14-12-10-8-6-4-2/h20-21,23-24,30,32,38,40,44-50,52,54-59H,3-19,22,25-29,31,33-37,39,41-43H2,1-2H3,(H,53,60)/b21-20-,24-23-,32-30+,40-38+. The van der Waals surface area contributed by atoms with Crippen LogP contribution in [0.2, 0.25) is 0 Å². The van der Waals surface area contributed by atoms with E-state index in [1.807, 2.05) is 6.08 Å². The first-order valence-electron chi connectivity index (χ1n) is 25.5. The fourth-order valence-corrected chi connectivity index (χ4v) is 7.80. The van der Waals surface area contributed by atoms with Crippen molar-refractivity contribution in [1.29, 1.82) is 0 Å². The minimum atomic E-state index is -1.62. The van der Waals surface area contributed by atoms with Crippen molar-refractivity contribution in [2.45, 2.75) is 262 Å². The minimum absolute atomic E-state index is 0.296. The van der Waals surface area contributed by atoms with Crippen LogP contribution in [-0.2, 0) is 14.3 Å². The zero-order valence-corrected chi connectivity index (χ0v) is 39.5. The van der Waals surface area contributed by atoms with Crippen LogP contribution >= 0.6 is 0 Å². The first kappa shape index (κ1) is 58.1. The highest BCUT2D eigenvalue weighted by Gasteiger charge is 2.44. The normalized spacial score (nSPS) is 21.2. The summed E-state index contributed by atoms with van der Waals surface area (Å²) < 4.78 is 11.1. The summed E-state index contributed by atoms with van der Waals surface area (Å²) in [5.41, 5.74) is 0. The average Bonchev–Trinajstić information content (AvgIpc) is 3.27. The second-order valence-electron chi connectivity index (χ2n) is 17.7. The van der Waals surface area contributed by atoms with E-state index in [9.17, 15) is 35.4 Å². The molecular formula is C52H95NO9. The van der Waals surface area contributed by atoms with Gasteiger partial charge in [-0.2, -0.15) is 0 Å². The smallest absolute Gasteiger partial charge is 0.249 e. The highest BCUT2D eigenvalue weighted by atomic mass is 16.7. The van der Waals surface area contributed by atoms with E-state index in [4.69, 9.17) is 9.47 Å². The highest BCUT2D eigenvalue weighted by molar-refractivity contribution is 5.80. The molecule has 1 aliphatic heterocycles.